The van der Waals surface area contributed by atoms with E-state index in [1.54, 1.807) is 148 Å². The van der Waals surface area contributed by atoms with E-state index in [9.17, 15) is 20.1 Å². The van der Waals surface area contributed by atoms with Crippen molar-refractivity contribution < 1.29 is 63.0 Å². The molecule has 0 heterocycles. The van der Waals surface area contributed by atoms with Crippen molar-refractivity contribution in [3.8, 4) is 56.8 Å². The van der Waals surface area contributed by atoms with Crippen LogP contribution >= 0.6 is 0 Å². The van der Waals surface area contributed by atoms with E-state index in [0.717, 1.165) is 97.6 Å². The number of rotatable bonds is 13. The molecule has 0 aromatic heterocycles. The van der Waals surface area contributed by atoms with Gasteiger partial charge in [0.25, 0.3) is 0 Å². The normalized spacial score (nSPS) is 21.5. The van der Waals surface area contributed by atoms with Gasteiger partial charge in [-0.05, 0) is 224 Å². The molecule has 0 atom stereocenters. The Morgan fingerprint density at radius 2 is 0.957 bits per heavy atom. The van der Waals surface area contributed by atoms with E-state index < -0.39 is 0 Å². The Bertz CT molecular complexity index is 4380. The lowest BCUT2D eigenvalue weighted by atomic mass is 9.48. The summed E-state index contributed by atoms with van der Waals surface area (Å²) in [5.41, 5.74) is 7.73. The van der Waals surface area contributed by atoms with E-state index in [1.165, 1.54) is 107 Å². The molecule has 0 aliphatic heterocycles. The third kappa shape index (κ3) is 21.1. The van der Waals surface area contributed by atoms with Crippen molar-refractivity contribution in [2.24, 2.45) is 35.5 Å². The SMILES string of the molecule is C.CCc1cc(OC(C)=O)c2cc(-c3ccc(OCOCCOC)c(C45CC6CC(CC(C6)C4)C5)c3)cc(OC)c2c1.O=C=O.O=C=O.Oc1ccc(-c2cc(O)c3cccc(O)c3c2)cc1C12CC3CC(CC(C3)C1)C2.S=S=S=S=S=S=S=S=S=S=S=S=S=S=S=S=S. The number of esters is 1. The number of aromatic hydroxyl groups is 3. The van der Waals surface area contributed by atoms with Gasteiger partial charge in [0, 0.05) is 202 Å². The van der Waals surface area contributed by atoms with Crippen LogP contribution < -0.4 is 14.2 Å². The van der Waals surface area contributed by atoms with Gasteiger partial charge in [-0.15, -0.1) is 0 Å². The van der Waals surface area contributed by atoms with Crippen molar-refractivity contribution in [3.63, 3.8) is 0 Å². The molecule has 6 aromatic rings. The van der Waals surface area contributed by atoms with Crippen LogP contribution in [-0.2, 0) is 206 Å². The summed E-state index contributed by atoms with van der Waals surface area (Å²) >= 11 is 9.48. The number of benzene rings is 6. The molecule has 0 amide bonds. The van der Waals surface area contributed by atoms with E-state index in [2.05, 4.69) is 49.4 Å². The van der Waals surface area contributed by atoms with Gasteiger partial charge in [0.15, 0.2) is 6.79 Å². The quantitative estimate of drug-likeness (QED) is 0.0428. The molecule has 94 heavy (non-hydrogen) atoms. The predicted octanol–water partition coefficient (Wildman–Crippen LogP) is 13.0. The van der Waals surface area contributed by atoms with E-state index in [1.807, 2.05) is 30.3 Å². The predicted molar refractivity (Wildman–Crippen MR) is 416 cm³/mol. The highest BCUT2D eigenvalue weighted by Crippen LogP contribution is 2.64. The Morgan fingerprint density at radius 1 is 0.500 bits per heavy atom. The van der Waals surface area contributed by atoms with Gasteiger partial charge in [-0.2, -0.15) is 19.2 Å². The Kier molecular flexibility index (Phi) is 32.8. The van der Waals surface area contributed by atoms with Crippen LogP contribution in [0.5, 0.6) is 34.5 Å². The minimum absolute atomic E-state index is 0. The molecule has 508 valence electrons. The maximum Gasteiger partial charge on any atom is 0.373 e. The van der Waals surface area contributed by atoms with Crippen LogP contribution in [0.1, 0.15) is 115 Å². The zero-order valence-electron chi connectivity index (χ0n) is 50.8. The smallest absolute Gasteiger partial charge is 0.373 e. The highest BCUT2D eigenvalue weighted by atomic mass is 33.5. The second-order valence-electron chi connectivity index (χ2n) is 23.4. The van der Waals surface area contributed by atoms with Gasteiger partial charge in [-0.3, -0.25) is 4.79 Å². The highest BCUT2D eigenvalue weighted by molar-refractivity contribution is 8.77. The Hall–Kier alpha value is -3.27. The molecule has 8 aliphatic rings. The zero-order chi connectivity index (χ0) is 66.3. The molecular formula is C64H72O13S17. The molecule has 6 aromatic carbocycles. The van der Waals surface area contributed by atoms with Crippen molar-refractivity contribution in [2.75, 3.05) is 34.2 Å². The third-order valence-electron chi connectivity index (χ3n) is 17.9. The van der Waals surface area contributed by atoms with Crippen LogP contribution in [0.25, 0.3) is 43.8 Å². The van der Waals surface area contributed by atoms with Crippen LogP contribution in [0.2, 0.25) is 0 Å². The lowest BCUT2D eigenvalue weighted by molar-refractivity contribution is -0.193. The van der Waals surface area contributed by atoms with Crippen molar-refractivity contribution in [2.45, 2.75) is 116 Å². The zero-order valence-corrected chi connectivity index (χ0v) is 64.7. The lowest BCUT2D eigenvalue weighted by Crippen LogP contribution is -2.48. The lowest BCUT2D eigenvalue weighted by Gasteiger charge is -2.57. The van der Waals surface area contributed by atoms with Crippen molar-refractivity contribution in [1.82, 2.24) is 0 Å². The molecule has 8 fully saturated rings. The fourth-order valence-corrected chi connectivity index (χ4v) is 51.1. The van der Waals surface area contributed by atoms with E-state index in [4.69, 9.17) is 65.2 Å². The largest absolute Gasteiger partial charge is 0.508 e. The summed E-state index contributed by atoms with van der Waals surface area (Å²) in [7, 11) is 28.7. The molecule has 14 rings (SSSR count). The van der Waals surface area contributed by atoms with Crippen LogP contribution in [0.15, 0.2) is 91.0 Å². The number of ether oxygens (including phenoxy) is 5. The molecule has 0 spiro atoms. The standard InChI is InChI=1S/C35H42O6.C26H26O3.2CO2.CH4.S17/c1-5-23-13-29-30(34(14-23)41-22(2)36)15-28(17-33(29)38-4)27-6-7-32(40-21-39-9-8-37-3)31(16-27)35-18-24-10-25(19-35)12-26(11-24)20-35;27-23-3-1-2-20-21(23)9-19(11-25(20)29)18-4-5-24(28)22(10-18)26-12-15-6-16(13-26)8-17(7-15)14-26;2*2-1-3;;1-3-5-7-9-11-13-15-17-16-14-12-10-8-6-4-2/h6-7,13-17,24-26H,5,8-12,18-21H2,1-4H3;1-5,9-11,15-17,27-29H,6-8,12-14H2;;;1H4;. The molecule has 0 radical (unpaired) electrons. The monoisotopic (exact) mass is 1590 g/mol. The first kappa shape index (κ1) is 78.1. The van der Waals surface area contributed by atoms with Gasteiger partial charge in [0.1, 0.15) is 34.5 Å². The molecule has 13 nitrogen and oxygen atoms in total. The molecule has 8 saturated carbocycles. The van der Waals surface area contributed by atoms with Gasteiger partial charge in [-0.1, -0.05) is 38.6 Å². The topological polar surface area (TPSA) is 192 Å². The summed E-state index contributed by atoms with van der Waals surface area (Å²) in [6.07, 6.45) is 16.9. The molecule has 8 aliphatic carbocycles. The summed E-state index contributed by atoms with van der Waals surface area (Å²) in [6.45, 7) is 4.79. The van der Waals surface area contributed by atoms with E-state index in [-0.39, 0.29) is 54.8 Å². The summed E-state index contributed by atoms with van der Waals surface area (Å²) in [4.78, 5) is 44.5. The summed E-state index contributed by atoms with van der Waals surface area (Å²) in [5, 5.41) is 34.7. The fourth-order valence-electron chi connectivity index (χ4n) is 15.5. The van der Waals surface area contributed by atoms with Gasteiger partial charge in [0.05, 0.1) is 20.3 Å². The van der Waals surface area contributed by atoms with Crippen LogP contribution in [0.3, 0.4) is 0 Å². The van der Waals surface area contributed by atoms with Gasteiger partial charge < -0.3 is 39.0 Å². The van der Waals surface area contributed by atoms with Crippen LogP contribution in [-0.4, -0.2) is 67.8 Å². The minimum atomic E-state index is -0.331. The number of methoxy groups -OCH3 is 2. The second-order valence-corrected chi connectivity index (χ2v) is 49.9. The Balaban J connectivity index is 0.000000205. The molecule has 8 bridgehead atoms. The van der Waals surface area contributed by atoms with Crippen LogP contribution in [0, 0.1) is 35.5 Å². The first-order chi connectivity index (χ1) is 45.2. The number of hydrogen-bond donors (Lipinski definition) is 3. The number of fused-ring (bicyclic) bond motifs is 2. The second kappa shape index (κ2) is 39.5. The first-order valence-electron chi connectivity index (χ1n) is 29.4. The molecule has 30 heteroatoms. The van der Waals surface area contributed by atoms with Crippen molar-refractivity contribution >= 4 is 195 Å². The summed E-state index contributed by atoms with van der Waals surface area (Å²) in [6, 6.07) is 29.7. The van der Waals surface area contributed by atoms with E-state index in [0.29, 0.717) is 35.5 Å². The number of phenolic OH excluding ortho intramolecular Hbond substituents is 3. The number of hydrogen-bond acceptors (Lipinski definition) is 15. The maximum atomic E-state index is 12.0. The molecule has 3 N–H and O–H groups in total. The summed E-state index contributed by atoms with van der Waals surface area (Å²) < 4.78 is 28.7. The van der Waals surface area contributed by atoms with E-state index >= 15 is 0 Å². The van der Waals surface area contributed by atoms with Crippen molar-refractivity contribution in [1.29, 1.82) is 0 Å². The minimum Gasteiger partial charge on any atom is -0.508 e. The molecule has 0 saturated heterocycles. The average molecular weight is 1590 g/mol. The first-order valence-corrected chi connectivity index (χ1v) is 50.7. The number of aryl methyl sites for hydroxylation is 1. The van der Waals surface area contributed by atoms with Crippen LogP contribution in [0.4, 0.5) is 0 Å². The molecule has 0 unspecified atom stereocenters. The average Bonchev–Trinajstić information content (AvgIpc) is 0.739. The van der Waals surface area contributed by atoms with Gasteiger partial charge in [0.2, 0.25) is 0 Å². The Morgan fingerprint density at radius 3 is 1.44 bits per heavy atom. The third-order valence-corrected chi connectivity index (χ3v) is 49.0. The number of phenols is 3. The summed E-state index contributed by atoms with van der Waals surface area (Å²) in [5.74, 6) is 7.55. The fraction of sp³-hybridized carbons (Fsp3) is 0.453. The Labute approximate surface area is 601 Å². The number of carbonyl (C=O) groups excluding carboxylic acids is 5. The van der Waals surface area contributed by atoms with Gasteiger partial charge in [-0.25, -0.2) is 0 Å². The maximum absolute atomic E-state index is 12.0. The van der Waals surface area contributed by atoms with Gasteiger partial charge >= 0.3 is 18.3 Å². The van der Waals surface area contributed by atoms with Crippen molar-refractivity contribution in [3.05, 3.63) is 108 Å². The highest BCUT2D eigenvalue weighted by Gasteiger charge is 2.54. The molecular weight excluding hydrogens is 1520 g/mol. The number of carbonyl (C=O) groups is 1.